The molecule has 1 saturated heterocycles. The number of tetrazole rings is 1. The van der Waals surface area contributed by atoms with E-state index < -0.39 is 0 Å². The summed E-state index contributed by atoms with van der Waals surface area (Å²) >= 11 is 0. The predicted molar refractivity (Wildman–Crippen MR) is 87.3 cm³/mol. The number of carbonyl (C=O) groups excluding carboxylic acids is 1. The van der Waals surface area contributed by atoms with Gasteiger partial charge >= 0.3 is 0 Å². The van der Waals surface area contributed by atoms with E-state index in [-0.39, 0.29) is 17.6 Å². The number of benzene rings is 1. The van der Waals surface area contributed by atoms with E-state index in [9.17, 15) is 4.79 Å². The lowest BCUT2D eigenvalue weighted by Crippen LogP contribution is -2.37. The summed E-state index contributed by atoms with van der Waals surface area (Å²) in [6.07, 6.45) is 6.86. The van der Waals surface area contributed by atoms with Crippen LogP contribution in [0.2, 0.25) is 0 Å². The lowest BCUT2D eigenvalue weighted by atomic mass is 9.82. The molecule has 7 heteroatoms. The molecule has 2 aromatic rings. The van der Waals surface area contributed by atoms with Crippen LogP contribution in [0, 0.1) is 0 Å². The third-order valence-electron chi connectivity index (χ3n) is 5.07. The zero-order valence-electron chi connectivity index (χ0n) is 13.5. The van der Waals surface area contributed by atoms with E-state index in [2.05, 4.69) is 25.9 Å². The van der Waals surface area contributed by atoms with Gasteiger partial charge in [-0.3, -0.25) is 4.79 Å². The normalized spacial score (nSPS) is 22.6. The second kappa shape index (κ2) is 6.32. The van der Waals surface area contributed by atoms with Crippen LogP contribution in [0.25, 0.3) is 11.4 Å². The molecule has 4 rings (SSSR count). The number of hydrogen-bond donors (Lipinski definition) is 2. The zero-order chi connectivity index (χ0) is 16.4. The van der Waals surface area contributed by atoms with Crippen LogP contribution in [0.5, 0.6) is 0 Å². The molecule has 1 saturated carbocycles. The van der Waals surface area contributed by atoms with Gasteiger partial charge in [0.15, 0.2) is 0 Å². The number of carbonyl (C=O) groups is 1. The summed E-state index contributed by atoms with van der Waals surface area (Å²) < 4.78 is 6.08. The maximum atomic E-state index is 12.7. The van der Waals surface area contributed by atoms with Gasteiger partial charge in [0.1, 0.15) is 0 Å². The third-order valence-corrected chi connectivity index (χ3v) is 5.07. The smallest absolute Gasteiger partial charge is 0.252 e. The van der Waals surface area contributed by atoms with Gasteiger partial charge in [0.25, 0.3) is 5.91 Å². The van der Waals surface area contributed by atoms with Gasteiger partial charge in [-0.05, 0) is 30.5 Å². The molecule has 1 aromatic heterocycles. The minimum absolute atomic E-state index is 0.0105. The molecule has 0 unspecified atom stereocenters. The number of rotatable bonds is 3. The molecule has 24 heavy (non-hydrogen) atoms. The van der Waals surface area contributed by atoms with Gasteiger partial charge in [-0.25, -0.2) is 0 Å². The molecule has 2 N–H and O–H groups in total. The Morgan fingerprint density at radius 1 is 1.25 bits per heavy atom. The number of ether oxygens (including phenoxy) is 1. The molecule has 1 spiro atoms. The van der Waals surface area contributed by atoms with Crippen molar-refractivity contribution in [1.82, 2.24) is 25.9 Å². The SMILES string of the molecule is O=C(N[C@H]1COC2(CCCCC2)C1)c1ccccc1-c1nn[nH]n1. The minimum Gasteiger partial charge on any atom is -0.373 e. The zero-order valence-corrected chi connectivity index (χ0v) is 13.5. The number of aromatic nitrogens is 4. The molecule has 2 heterocycles. The maximum absolute atomic E-state index is 12.7. The van der Waals surface area contributed by atoms with Gasteiger partial charge in [-0.1, -0.05) is 37.5 Å². The van der Waals surface area contributed by atoms with Crippen molar-refractivity contribution in [3.63, 3.8) is 0 Å². The lowest BCUT2D eigenvalue weighted by molar-refractivity contribution is -0.0246. The highest BCUT2D eigenvalue weighted by Gasteiger charge is 2.41. The van der Waals surface area contributed by atoms with Gasteiger partial charge in [0, 0.05) is 5.56 Å². The van der Waals surface area contributed by atoms with Crippen molar-refractivity contribution in [3.8, 4) is 11.4 Å². The van der Waals surface area contributed by atoms with Crippen LogP contribution in [-0.2, 0) is 4.74 Å². The Balaban J connectivity index is 1.48. The van der Waals surface area contributed by atoms with Crippen LogP contribution in [-0.4, -0.2) is 44.8 Å². The Morgan fingerprint density at radius 2 is 2.08 bits per heavy atom. The van der Waals surface area contributed by atoms with Crippen molar-refractivity contribution in [2.45, 2.75) is 50.2 Å². The summed E-state index contributed by atoms with van der Waals surface area (Å²) in [5.74, 6) is 0.309. The molecular weight excluding hydrogens is 306 g/mol. The lowest BCUT2D eigenvalue weighted by Gasteiger charge is -2.32. The van der Waals surface area contributed by atoms with E-state index in [1.165, 1.54) is 19.3 Å². The van der Waals surface area contributed by atoms with Crippen LogP contribution >= 0.6 is 0 Å². The highest BCUT2D eigenvalue weighted by molar-refractivity contribution is 6.00. The van der Waals surface area contributed by atoms with Crippen LogP contribution in [0.1, 0.15) is 48.9 Å². The largest absolute Gasteiger partial charge is 0.373 e. The van der Waals surface area contributed by atoms with Crippen molar-refractivity contribution in [2.24, 2.45) is 0 Å². The Bertz CT molecular complexity index is 710. The molecule has 1 aliphatic heterocycles. The second-order valence-electron chi connectivity index (χ2n) is 6.71. The van der Waals surface area contributed by atoms with Crippen molar-refractivity contribution < 1.29 is 9.53 Å². The fourth-order valence-corrected chi connectivity index (χ4v) is 3.90. The van der Waals surface area contributed by atoms with Gasteiger partial charge in [-0.15, -0.1) is 10.2 Å². The molecule has 1 aromatic carbocycles. The number of nitrogens with zero attached hydrogens (tertiary/aromatic N) is 3. The number of nitrogens with one attached hydrogen (secondary N) is 2. The van der Waals surface area contributed by atoms with E-state index in [0.29, 0.717) is 23.6 Å². The molecule has 7 nitrogen and oxygen atoms in total. The molecule has 1 atom stereocenters. The van der Waals surface area contributed by atoms with Crippen LogP contribution in [0.3, 0.4) is 0 Å². The summed E-state index contributed by atoms with van der Waals surface area (Å²) in [7, 11) is 0. The number of hydrogen-bond acceptors (Lipinski definition) is 5. The summed E-state index contributed by atoms with van der Waals surface area (Å²) in [5, 5.41) is 17.1. The molecule has 1 amide bonds. The summed E-state index contributed by atoms with van der Waals surface area (Å²) in [4.78, 5) is 12.7. The standard InChI is InChI=1S/C17H21N5O2/c23-16(14-7-3-2-6-13(14)15-19-21-22-20-15)18-12-10-17(24-11-12)8-4-1-5-9-17/h2-3,6-7,12H,1,4-5,8-11H2,(H,18,23)(H,19,20,21,22)/t12-/m1/s1. The average molecular weight is 327 g/mol. The van der Waals surface area contributed by atoms with Crippen LogP contribution in [0.4, 0.5) is 0 Å². The Kier molecular flexibility index (Phi) is 4.02. The quantitative estimate of drug-likeness (QED) is 0.900. The summed E-state index contributed by atoms with van der Waals surface area (Å²) in [6.45, 7) is 0.593. The van der Waals surface area contributed by atoms with Crippen molar-refractivity contribution in [1.29, 1.82) is 0 Å². The van der Waals surface area contributed by atoms with Crippen molar-refractivity contribution in [2.75, 3.05) is 6.61 Å². The van der Waals surface area contributed by atoms with Gasteiger partial charge < -0.3 is 10.1 Å². The number of aromatic amines is 1. The van der Waals surface area contributed by atoms with Gasteiger partial charge in [0.2, 0.25) is 5.82 Å². The topological polar surface area (TPSA) is 92.8 Å². The molecule has 2 fully saturated rings. The number of amides is 1. The first-order chi connectivity index (χ1) is 11.8. The molecule has 126 valence electrons. The van der Waals surface area contributed by atoms with Crippen LogP contribution < -0.4 is 5.32 Å². The monoisotopic (exact) mass is 327 g/mol. The van der Waals surface area contributed by atoms with Crippen LogP contribution in [0.15, 0.2) is 24.3 Å². The molecular formula is C17H21N5O2. The Morgan fingerprint density at radius 3 is 2.88 bits per heavy atom. The fraction of sp³-hybridized carbons (Fsp3) is 0.529. The van der Waals surface area contributed by atoms with E-state index >= 15 is 0 Å². The third kappa shape index (κ3) is 2.91. The van der Waals surface area contributed by atoms with E-state index in [4.69, 9.17) is 4.74 Å². The first kappa shape index (κ1) is 15.3. The Labute approximate surface area is 140 Å². The minimum atomic E-state index is -0.114. The van der Waals surface area contributed by atoms with E-state index in [0.717, 1.165) is 19.3 Å². The molecule has 2 aliphatic rings. The summed E-state index contributed by atoms with van der Waals surface area (Å²) in [6, 6.07) is 7.37. The highest BCUT2D eigenvalue weighted by Crippen LogP contribution is 2.39. The second-order valence-corrected chi connectivity index (χ2v) is 6.71. The van der Waals surface area contributed by atoms with E-state index in [1.54, 1.807) is 6.07 Å². The molecule has 0 bridgehead atoms. The maximum Gasteiger partial charge on any atom is 0.252 e. The van der Waals surface area contributed by atoms with Crippen molar-refractivity contribution >= 4 is 5.91 Å². The first-order valence-electron chi connectivity index (χ1n) is 8.53. The fourth-order valence-electron chi connectivity index (χ4n) is 3.90. The Hall–Kier alpha value is -2.28. The predicted octanol–water partition coefficient (Wildman–Crippen LogP) is 2.09. The molecule has 1 aliphatic carbocycles. The van der Waals surface area contributed by atoms with Gasteiger partial charge in [-0.2, -0.15) is 5.21 Å². The number of H-pyrrole nitrogens is 1. The average Bonchev–Trinajstić information content (AvgIpc) is 3.26. The highest BCUT2D eigenvalue weighted by atomic mass is 16.5. The van der Waals surface area contributed by atoms with Crippen molar-refractivity contribution in [3.05, 3.63) is 29.8 Å². The molecule has 0 radical (unpaired) electrons. The first-order valence-corrected chi connectivity index (χ1v) is 8.53. The summed E-state index contributed by atoms with van der Waals surface area (Å²) in [5.41, 5.74) is 1.22. The van der Waals surface area contributed by atoms with E-state index in [1.807, 2.05) is 18.2 Å². The van der Waals surface area contributed by atoms with Gasteiger partial charge in [0.05, 0.1) is 23.8 Å².